The summed E-state index contributed by atoms with van der Waals surface area (Å²) in [6.07, 6.45) is 1.75. The van der Waals surface area contributed by atoms with Crippen molar-refractivity contribution in [3.63, 3.8) is 0 Å². The molecule has 162 valence electrons. The second-order valence-corrected chi connectivity index (χ2v) is 9.05. The van der Waals surface area contributed by atoms with Crippen LogP contribution in [0, 0.1) is 5.92 Å². The molecular weight excluding hydrogens is 390 g/mol. The third-order valence-corrected chi connectivity index (χ3v) is 5.28. The molecule has 8 heteroatoms. The van der Waals surface area contributed by atoms with Crippen LogP contribution in [0.15, 0.2) is 24.3 Å². The standard InChI is InChI=1S/C21H33N3O4S/c1-6-15(2)14-29-13-7-8-18(25)22-17-11-9-16(10-12-17)19(26)23-24-20(27)28-21(3,4)5/h9-12,15H,6-8,13-14H2,1-5H3,(H,22,25)(H,23,26)(H,24,27). The summed E-state index contributed by atoms with van der Waals surface area (Å²) < 4.78 is 5.04. The van der Waals surface area contributed by atoms with E-state index in [0.29, 0.717) is 23.6 Å². The normalized spacial score (nSPS) is 12.0. The fourth-order valence-corrected chi connectivity index (χ4v) is 3.30. The van der Waals surface area contributed by atoms with E-state index in [2.05, 4.69) is 30.0 Å². The van der Waals surface area contributed by atoms with Crippen LogP contribution in [-0.4, -0.2) is 35.0 Å². The summed E-state index contributed by atoms with van der Waals surface area (Å²) in [5, 5.41) is 2.83. The quantitative estimate of drug-likeness (QED) is 0.405. The highest BCUT2D eigenvalue weighted by Gasteiger charge is 2.16. The Morgan fingerprint density at radius 2 is 1.76 bits per heavy atom. The van der Waals surface area contributed by atoms with Gasteiger partial charge in [-0.2, -0.15) is 11.8 Å². The van der Waals surface area contributed by atoms with E-state index in [1.54, 1.807) is 45.0 Å². The van der Waals surface area contributed by atoms with Gasteiger partial charge in [0.05, 0.1) is 0 Å². The number of rotatable bonds is 9. The zero-order valence-corrected chi connectivity index (χ0v) is 18.8. The summed E-state index contributed by atoms with van der Waals surface area (Å²) >= 11 is 1.89. The number of thioether (sulfide) groups is 1. The molecule has 0 aliphatic rings. The number of carbonyl (C=O) groups is 3. The van der Waals surface area contributed by atoms with Crippen LogP contribution in [0.5, 0.6) is 0 Å². The van der Waals surface area contributed by atoms with Crippen molar-refractivity contribution < 1.29 is 19.1 Å². The zero-order chi connectivity index (χ0) is 21.9. The Kier molecular flexibility index (Phi) is 10.6. The smallest absolute Gasteiger partial charge is 0.426 e. The highest BCUT2D eigenvalue weighted by Crippen LogP contribution is 2.14. The van der Waals surface area contributed by atoms with Crippen LogP contribution >= 0.6 is 11.8 Å². The van der Waals surface area contributed by atoms with Crippen molar-refractivity contribution in [1.29, 1.82) is 0 Å². The minimum atomic E-state index is -0.739. The van der Waals surface area contributed by atoms with Gasteiger partial charge in [-0.15, -0.1) is 0 Å². The van der Waals surface area contributed by atoms with Gasteiger partial charge in [-0.05, 0) is 68.9 Å². The van der Waals surface area contributed by atoms with Gasteiger partial charge in [0.25, 0.3) is 5.91 Å². The van der Waals surface area contributed by atoms with Crippen molar-refractivity contribution in [2.45, 2.75) is 59.5 Å². The lowest BCUT2D eigenvalue weighted by molar-refractivity contribution is -0.116. The lowest BCUT2D eigenvalue weighted by Gasteiger charge is -2.19. The maximum absolute atomic E-state index is 12.0. The molecule has 0 saturated heterocycles. The summed E-state index contributed by atoms with van der Waals surface area (Å²) in [6.45, 7) is 9.61. The molecule has 3 amide bonds. The van der Waals surface area contributed by atoms with Gasteiger partial charge in [-0.1, -0.05) is 20.3 Å². The first-order valence-corrected chi connectivity index (χ1v) is 11.0. The Balaban J connectivity index is 2.34. The summed E-state index contributed by atoms with van der Waals surface area (Å²) in [6, 6.07) is 6.45. The van der Waals surface area contributed by atoms with Gasteiger partial charge in [0, 0.05) is 17.7 Å². The van der Waals surface area contributed by atoms with Crippen molar-refractivity contribution in [3.8, 4) is 0 Å². The van der Waals surface area contributed by atoms with Crippen LogP contribution in [0.2, 0.25) is 0 Å². The molecule has 1 atom stereocenters. The molecule has 0 spiro atoms. The van der Waals surface area contributed by atoms with E-state index < -0.39 is 17.6 Å². The maximum atomic E-state index is 12.0. The molecule has 0 fully saturated rings. The largest absolute Gasteiger partial charge is 0.443 e. The number of anilines is 1. The number of hydrazine groups is 1. The zero-order valence-electron chi connectivity index (χ0n) is 18.0. The minimum absolute atomic E-state index is 0.0436. The van der Waals surface area contributed by atoms with Gasteiger partial charge < -0.3 is 10.1 Å². The van der Waals surface area contributed by atoms with E-state index in [1.165, 1.54) is 6.42 Å². The molecule has 29 heavy (non-hydrogen) atoms. The predicted octanol–water partition coefficient (Wildman–Crippen LogP) is 4.35. The number of nitrogens with one attached hydrogen (secondary N) is 3. The molecule has 0 bridgehead atoms. The molecular formula is C21H33N3O4S. The van der Waals surface area contributed by atoms with Crippen LogP contribution in [0.4, 0.5) is 10.5 Å². The van der Waals surface area contributed by atoms with Crippen LogP contribution in [-0.2, 0) is 9.53 Å². The Labute approximate surface area is 177 Å². The van der Waals surface area contributed by atoms with E-state index >= 15 is 0 Å². The van der Waals surface area contributed by atoms with Gasteiger partial charge in [0.2, 0.25) is 5.91 Å². The summed E-state index contributed by atoms with van der Waals surface area (Å²) in [4.78, 5) is 35.6. The molecule has 0 aliphatic heterocycles. The number of amides is 3. The first-order valence-electron chi connectivity index (χ1n) is 9.87. The molecule has 1 aromatic carbocycles. The van der Waals surface area contributed by atoms with Gasteiger partial charge in [-0.25, -0.2) is 10.2 Å². The molecule has 3 N–H and O–H groups in total. The molecule has 0 aliphatic carbocycles. The van der Waals surface area contributed by atoms with Crippen LogP contribution < -0.4 is 16.2 Å². The third-order valence-electron chi connectivity index (χ3n) is 3.90. The second kappa shape index (κ2) is 12.4. The second-order valence-electron chi connectivity index (χ2n) is 7.90. The first-order chi connectivity index (χ1) is 13.6. The highest BCUT2D eigenvalue weighted by molar-refractivity contribution is 7.99. The van der Waals surface area contributed by atoms with Gasteiger partial charge in [0.1, 0.15) is 5.60 Å². The number of ether oxygens (including phenoxy) is 1. The minimum Gasteiger partial charge on any atom is -0.443 e. The van der Waals surface area contributed by atoms with Gasteiger partial charge in [0.15, 0.2) is 0 Å². The van der Waals surface area contributed by atoms with Crippen molar-refractivity contribution in [3.05, 3.63) is 29.8 Å². The van der Waals surface area contributed by atoms with Crippen LogP contribution in [0.1, 0.15) is 64.2 Å². The van der Waals surface area contributed by atoms with E-state index in [1.807, 2.05) is 11.8 Å². The summed E-state index contributed by atoms with van der Waals surface area (Å²) in [5.74, 6) is 2.29. The Morgan fingerprint density at radius 3 is 2.34 bits per heavy atom. The molecule has 1 rings (SSSR count). The average Bonchev–Trinajstić information content (AvgIpc) is 2.64. The SMILES string of the molecule is CCC(C)CSCCCC(=O)Nc1ccc(C(=O)NNC(=O)OC(C)(C)C)cc1. The van der Waals surface area contributed by atoms with E-state index in [-0.39, 0.29) is 5.91 Å². The highest BCUT2D eigenvalue weighted by atomic mass is 32.2. The first kappa shape index (κ1) is 24.8. The molecule has 1 aromatic rings. The van der Waals surface area contributed by atoms with Crippen molar-refractivity contribution >= 4 is 35.4 Å². The molecule has 0 aromatic heterocycles. The Hall–Kier alpha value is -2.22. The topological polar surface area (TPSA) is 96.5 Å². The van der Waals surface area contributed by atoms with Crippen LogP contribution in [0.25, 0.3) is 0 Å². The van der Waals surface area contributed by atoms with Crippen LogP contribution in [0.3, 0.4) is 0 Å². The van der Waals surface area contributed by atoms with Crippen molar-refractivity contribution in [2.24, 2.45) is 5.92 Å². The lowest BCUT2D eigenvalue weighted by Crippen LogP contribution is -2.44. The van der Waals surface area contributed by atoms with E-state index in [9.17, 15) is 14.4 Å². The fourth-order valence-electron chi connectivity index (χ4n) is 2.15. The fraction of sp³-hybridized carbons (Fsp3) is 0.571. The van der Waals surface area contributed by atoms with E-state index in [0.717, 1.165) is 17.9 Å². The molecule has 7 nitrogen and oxygen atoms in total. The molecule has 0 heterocycles. The Bertz CT molecular complexity index is 671. The van der Waals surface area contributed by atoms with E-state index in [4.69, 9.17) is 4.74 Å². The number of hydrogen-bond donors (Lipinski definition) is 3. The predicted molar refractivity (Wildman–Crippen MR) is 118 cm³/mol. The average molecular weight is 424 g/mol. The molecule has 1 unspecified atom stereocenters. The molecule has 0 radical (unpaired) electrons. The molecule has 0 saturated carbocycles. The van der Waals surface area contributed by atoms with Crippen molar-refractivity contribution in [2.75, 3.05) is 16.8 Å². The number of hydrogen-bond acceptors (Lipinski definition) is 5. The van der Waals surface area contributed by atoms with Gasteiger partial charge >= 0.3 is 6.09 Å². The van der Waals surface area contributed by atoms with Gasteiger partial charge in [-0.3, -0.25) is 15.0 Å². The third kappa shape index (κ3) is 11.4. The summed E-state index contributed by atoms with van der Waals surface area (Å²) in [7, 11) is 0. The number of carbonyl (C=O) groups excluding carboxylic acids is 3. The van der Waals surface area contributed by atoms with Crippen molar-refractivity contribution in [1.82, 2.24) is 10.9 Å². The lowest BCUT2D eigenvalue weighted by atomic mass is 10.2. The maximum Gasteiger partial charge on any atom is 0.426 e. The monoisotopic (exact) mass is 423 g/mol. The summed E-state index contributed by atoms with van der Waals surface area (Å²) in [5.41, 5.74) is 4.80. The Morgan fingerprint density at radius 1 is 1.10 bits per heavy atom. The number of benzene rings is 1.